The van der Waals surface area contributed by atoms with Gasteiger partial charge in [-0.15, -0.1) is 10.2 Å². The second-order valence-electron chi connectivity index (χ2n) is 8.21. The van der Waals surface area contributed by atoms with Gasteiger partial charge in [0.1, 0.15) is 0 Å². The van der Waals surface area contributed by atoms with Gasteiger partial charge in [0.15, 0.2) is 9.84 Å². The molecule has 4 aromatic rings. The summed E-state index contributed by atoms with van der Waals surface area (Å²) in [6.07, 6.45) is 1.76. The maximum Gasteiger partial charge on any atom is 0.262 e. The number of carbonyl (C=O) groups excluding carboxylic acids is 1. The van der Waals surface area contributed by atoms with E-state index in [4.69, 9.17) is 0 Å². The average Bonchev–Trinajstić information content (AvgIpc) is 3.37. The second kappa shape index (κ2) is 9.12. The van der Waals surface area contributed by atoms with Crippen LogP contribution in [-0.4, -0.2) is 34.9 Å². The van der Waals surface area contributed by atoms with Crippen molar-refractivity contribution < 1.29 is 13.2 Å². The highest BCUT2D eigenvalue weighted by molar-refractivity contribution is 8.04. The van der Waals surface area contributed by atoms with Gasteiger partial charge in [0.05, 0.1) is 21.2 Å². The highest BCUT2D eigenvalue weighted by atomic mass is 32.2. The van der Waals surface area contributed by atoms with Crippen molar-refractivity contribution in [1.29, 1.82) is 0 Å². The van der Waals surface area contributed by atoms with Crippen LogP contribution in [0.25, 0.3) is 17.5 Å². The molecule has 0 fully saturated rings. The summed E-state index contributed by atoms with van der Waals surface area (Å²) >= 11 is 1.25. The third-order valence-corrected chi connectivity index (χ3v) is 8.52. The molecule has 0 bridgehead atoms. The van der Waals surface area contributed by atoms with Gasteiger partial charge in [0.25, 0.3) is 5.91 Å². The third-order valence-electron chi connectivity index (χ3n) is 5.79. The number of tetrazole rings is 1. The minimum Gasteiger partial charge on any atom is -0.320 e. The quantitative estimate of drug-likeness (QED) is 0.384. The lowest BCUT2D eigenvalue weighted by Crippen LogP contribution is -2.17. The molecule has 35 heavy (non-hydrogen) atoms. The number of amides is 1. The SMILES string of the molecule is Cc1cccc(C)c1CS(=O)(=O)c1ccc2c(c1)S/C(=C\c1ccc(-c3nn[nH]n3)cc1)C(=O)N2. The van der Waals surface area contributed by atoms with Gasteiger partial charge in [-0.05, 0) is 65.6 Å². The summed E-state index contributed by atoms with van der Waals surface area (Å²) < 4.78 is 26.5. The fourth-order valence-electron chi connectivity index (χ4n) is 3.84. The Morgan fingerprint density at radius 2 is 1.74 bits per heavy atom. The highest BCUT2D eigenvalue weighted by Gasteiger charge is 2.25. The van der Waals surface area contributed by atoms with E-state index in [1.165, 1.54) is 11.8 Å². The normalized spacial score (nSPS) is 14.6. The van der Waals surface area contributed by atoms with Crippen molar-refractivity contribution in [3.05, 3.63) is 87.8 Å². The first-order valence-corrected chi connectivity index (χ1v) is 13.2. The molecule has 0 atom stereocenters. The van der Waals surface area contributed by atoms with E-state index >= 15 is 0 Å². The molecular weight excluding hydrogens is 482 g/mol. The van der Waals surface area contributed by atoms with E-state index in [9.17, 15) is 13.2 Å². The molecule has 3 aromatic carbocycles. The van der Waals surface area contributed by atoms with Crippen molar-refractivity contribution in [2.75, 3.05) is 5.32 Å². The van der Waals surface area contributed by atoms with E-state index in [0.29, 0.717) is 21.3 Å². The summed E-state index contributed by atoms with van der Waals surface area (Å²) in [5.41, 5.74) is 4.92. The fourth-order valence-corrected chi connectivity index (χ4v) is 6.48. The van der Waals surface area contributed by atoms with E-state index in [1.54, 1.807) is 24.3 Å². The van der Waals surface area contributed by atoms with Crippen molar-refractivity contribution in [2.45, 2.75) is 29.4 Å². The Kier molecular flexibility index (Phi) is 6.00. The standard InChI is InChI=1S/C25H21N5O3S2/c1-15-4-3-5-16(2)20(15)14-35(32,33)19-10-11-21-22(13-19)34-23(25(31)26-21)12-17-6-8-18(9-7-17)24-27-29-30-28-24/h3-13H,14H2,1-2H3,(H,26,31)(H,27,28,29,30)/b23-12-. The van der Waals surface area contributed by atoms with E-state index < -0.39 is 9.84 Å². The van der Waals surface area contributed by atoms with Gasteiger partial charge >= 0.3 is 0 Å². The lowest BCUT2D eigenvalue weighted by atomic mass is 10.1. The molecule has 1 aliphatic heterocycles. The van der Waals surface area contributed by atoms with Crippen molar-refractivity contribution >= 4 is 39.3 Å². The number of hydrogen-bond donors (Lipinski definition) is 2. The number of H-pyrrole nitrogens is 1. The summed E-state index contributed by atoms with van der Waals surface area (Å²) in [6.45, 7) is 3.84. The molecule has 8 nitrogen and oxygen atoms in total. The van der Waals surface area contributed by atoms with Crippen molar-refractivity contribution in [3.8, 4) is 11.4 Å². The number of anilines is 1. The number of benzene rings is 3. The number of hydrogen-bond acceptors (Lipinski definition) is 7. The Hall–Kier alpha value is -3.76. The van der Waals surface area contributed by atoms with Crippen molar-refractivity contribution in [3.63, 3.8) is 0 Å². The van der Waals surface area contributed by atoms with Crippen LogP contribution in [0.5, 0.6) is 0 Å². The number of nitrogens with one attached hydrogen (secondary N) is 2. The van der Waals surface area contributed by atoms with Gasteiger partial charge in [0, 0.05) is 10.5 Å². The lowest BCUT2D eigenvalue weighted by molar-refractivity contribution is -0.112. The van der Waals surface area contributed by atoms with Crippen LogP contribution >= 0.6 is 11.8 Å². The molecule has 1 aliphatic rings. The highest BCUT2D eigenvalue weighted by Crippen LogP contribution is 2.40. The zero-order valence-corrected chi connectivity index (χ0v) is 20.6. The van der Waals surface area contributed by atoms with Crippen LogP contribution in [0.1, 0.15) is 22.3 Å². The van der Waals surface area contributed by atoms with Gasteiger partial charge < -0.3 is 5.32 Å². The molecule has 2 N–H and O–H groups in total. The van der Waals surface area contributed by atoms with Gasteiger partial charge in [-0.25, -0.2) is 8.42 Å². The molecule has 0 radical (unpaired) electrons. The molecule has 0 aliphatic carbocycles. The molecular formula is C25H21N5O3S2. The van der Waals surface area contributed by atoms with Crippen LogP contribution in [0.2, 0.25) is 0 Å². The third kappa shape index (κ3) is 4.75. The number of nitrogens with zero attached hydrogens (tertiary/aromatic N) is 3. The lowest BCUT2D eigenvalue weighted by Gasteiger charge is -2.20. The molecule has 0 spiro atoms. The molecule has 176 valence electrons. The summed E-state index contributed by atoms with van der Waals surface area (Å²) in [5.74, 6) is 0.171. The minimum atomic E-state index is -3.57. The number of thioether (sulfide) groups is 1. The van der Waals surface area contributed by atoms with Crippen molar-refractivity contribution in [2.24, 2.45) is 0 Å². The number of carbonyl (C=O) groups is 1. The average molecular weight is 504 g/mol. The number of aryl methyl sites for hydroxylation is 2. The summed E-state index contributed by atoms with van der Waals surface area (Å²) in [7, 11) is -3.57. The van der Waals surface area contributed by atoms with Crippen LogP contribution in [0.4, 0.5) is 5.69 Å². The van der Waals surface area contributed by atoms with Crippen LogP contribution in [0.3, 0.4) is 0 Å². The van der Waals surface area contributed by atoms with Crippen molar-refractivity contribution in [1.82, 2.24) is 20.6 Å². The number of aromatic nitrogens is 4. The Labute approximate surface area is 206 Å². The Morgan fingerprint density at radius 3 is 2.43 bits per heavy atom. The molecule has 0 saturated heterocycles. The molecule has 0 unspecified atom stereocenters. The van der Waals surface area contributed by atoms with Gasteiger partial charge in [-0.1, -0.05) is 54.2 Å². The first-order chi connectivity index (χ1) is 16.8. The monoisotopic (exact) mass is 503 g/mol. The predicted molar refractivity (Wildman–Crippen MR) is 135 cm³/mol. The smallest absolute Gasteiger partial charge is 0.262 e. The fraction of sp³-hybridized carbons (Fsp3) is 0.120. The Bertz CT molecular complexity index is 1540. The van der Waals surface area contributed by atoms with E-state index in [1.807, 2.05) is 56.3 Å². The molecule has 5 rings (SSSR count). The van der Waals surface area contributed by atoms with Crippen LogP contribution in [0.15, 0.2) is 75.4 Å². The summed E-state index contributed by atoms with van der Waals surface area (Å²) in [6, 6.07) is 18.0. The second-order valence-corrected chi connectivity index (χ2v) is 11.3. The van der Waals surface area contributed by atoms with E-state index in [2.05, 4.69) is 25.9 Å². The predicted octanol–water partition coefficient (Wildman–Crippen LogP) is 4.54. The van der Waals surface area contributed by atoms with Gasteiger partial charge in [0.2, 0.25) is 5.82 Å². The van der Waals surface area contributed by atoms with Gasteiger partial charge in [-0.2, -0.15) is 5.21 Å². The molecule has 1 amide bonds. The first-order valence-electron chi connectivity index (χ1n) is 10.8. The molecule has 1 aromatic heterocycles. The Balaban J connectivity index is 1.41. The molecule has 0 saturated carbocycles. The van der Waals surface area contributed by atoms with E-state index in [0.717, 1.165) is 27.8 Å². The summed E-state index contributed by atoms with van der Waals surface area (Å²) in [5, 5.41) is 16.7. The first kappa shape index (κ1) is 23.0. The topological polar surface area (TPSA) is 118 Å². The molecule has 2 heterocycles. The van der Waals surface area contributed by atoms with Gasteiger partial charge in [-0.3, -0.25) is 4.79 Å². The minimum absolute atomic E-state index is 0.0727. The summed E-state index contributed by atoms with van der Waals surface area (Å²) in [4.78, 5) is 14.0. The van der Waals surface area contributed by atoms with E-state index in [-0.39, 0.29) is 16.6 Å². The Morgan fingerprint density at radius 1 is 1.00 bits per heavy atom. The van der Waals surface area contributed by atoms with Crippen LogP contribution < -0.4 is 5.32 Å². The number of rotatable bonds is 5. The molecule has 10 heteroatoms. The number of sulfone groups is 1. The maximum absolute atomic E-state index is 13.2. The van der Waals surface area contributed by atoms with Crippen LogP contribution in [-0.2, 0) is 20.4 Å². The maximum atomic E-state index is 13.2. The van der Waals surface area contributed by atoms with Crippen LogP contribution in [0, 0.1) is 13.8 Å². The number of fused-ring (bicyclic) bond motifs is 1. The number of aromatic amines is 1. The zero-order chi connectivity index (χ0) is 24.6. The zero-order valence-electron chi connectivity index (χ0n) is 18.9. The largest absolute Gasteiger partial charge is 0.320 e.